The van der Waals surface area contributed by atoms with E-state index in [2.05, 4.69) is 28.9 Å². The van der Waals surface area contributed by atoms with Gasteiger partial charge in [0.1, 0.15) is 17.5 Å². The number of aromatic amines is 2. The molecule has 1 aromatic carbocycles. The number of H-pyrrole nitrogens is 2. The summed E-state index contributed by atoms with van der Waals surface area (Å²) in [4.78, 5) is 33.1. The average Bonchev–Trinajstić information content (AvgIpc) is 3.14. The molecule has 3 aromatic heterocycles. The third kappa shape index (κ3) is 3.79. The molecule has 0 atom stereocenters. The summed E-state index contributed by atoms with van der Waals surface area (Å²) in [5.74, 6) is 0.878. The molecule has 3 heterocycles. The number of nitrogens with one attached hydrogen (secondary N) is 2. The summed E-state index contributed by atoms with van der Waals surface area (Å²) in [5.41, 5.74) is -0.208. The van der Waals surface area contributed by atoms with Crippen molar-refractivity contribution in [2.45, 2.75) is 19.8 Å². The first-order valence-corrected chi connectivity index (χ1v) is 9.82. The molecule has 0 fully saturated rings. The smallest absolute Gasteiger partial charge is 0.349 e. The number of hydrogen-bond acceptors (Lipinski definition) is 6. The number of pyridine rings is 1. The van der Waals surface area contributed by atoms with Crippen LogP contribution in [0, 0.1) is 11.3 Å². The summed E-state index contributed by atoms with van der Waals surface area (Å²) in [6, 6.07) is 6.23. The number of fused-ring (bicyclic) bond motifs is 1. The number of halogens is 2. The van der Waals surface area contributed by atoms with Gasteiger partial charge in [-0.15, -0.1) is 5.10 Å². The van der Waals surface area contributed by atoms with Crippen LogP contribution < -0.4 is 16.0 Å². The molecular weight excluding hydrogens is 443 g/mol. The van der Waals surface area contributed by atoms with Crippen molar-refractivity contribution in [2.75, 3.05) is 0 Å². The molecule has 0 bridgehead atoms. The monoisotopic (exact) mass is 456 g/mol. The molecular formula is C20H14Cl2N6O3. The van der Waals surface area contributed by atoms with Gasteiger partial charge in [-0.2, -0.15) is 9.94 Å². The lowest BCUT2D eigenvalue weighted by Gasteiger charge is -2.12. The molecule has 0 saturated heterocycles. The Bertz CT molecular complexity index is 1460. The molecule has 0 saturated carbocycles. The Morgan fingerprint density at radius 3 is 2.55 bits per heavy atom. The van der Waals surface area contributed by atoms with Gasteiger partial charge < -0.3 is 9.72 Å². The molecule has 2 N–H and O–H groups in total. The van der Waals surface area contributed by atoms with E-state index in [-0.39, 0.29) is 21.5 Å². The van der Waals surface area contributed by atoms with Crippen molar-refractivity contribution in [3.63, 3.8) is 0 Å². The van der Waals surface area contributed by atoms with E-state index in [1.54, 1.807) is 6.07 Å². The van der Waals surface area contributed by atoms with Gasteiger partial charge in [-0.1, -0.05) is 37.0 Å². The minimum absolute atomic E-state index is 0.0964. The number of aromatic nitrogens is 5. The lowest BCUT2D eigenvalue weighted by Crippen LogP contribution is -2.33. The van der Waals surface area contributed by atoms with Crippen LogP contribution in [0.1, 0.15) is 31.0 Å². The zero-order chi connectivity index (χ0) is 22.3. The molecule has 0 aliphatic rings. The highest BCUT2D eigenvalue weighted by Crippen LogP contribution is 2.38. The number of hydrogen-bond donors (Lipinski definition) is 2. The van der Waals surface area contributed by atoms with Crippen molar-refractivity contribution in [2.24, 2.45) is 0 Å². The number of rotatable bonds is 4. The zero-order valence-electron chi connectivity index (χ0n) is 16.2. The Morgan fingerprint density at radius 2 is 1.90 bits per heavy atom. The fourth-order valence-corrected chi connectivity index (χ4v) is 3.62. The molecule has 4 aromatic rings. The Balaban J connectivity index is 1.75. The minimum Gasteiger partial charge on any atom is -0.453 e. The normalized spacial score (nSPS) is 11.1. The zero-order valence-corrected chi connectivity index (χ0v) is 17.7. The molecule has 11 heteroatoms. The second-order valence-corrected chi connectivity index (χ2v) is 7.75. The van der Waals surface area contributed by atoms with Gasteiger partial charge in [0.05, 0.1) is 21.9 Å². The van der Waals surface area contributed by atoms with E-state index in [1.165, 1.54) is 18.3 Å². The largest absolute Gasteiger partial charge is 0.453 e. The van der Waals surface area contributed by atoms with E-state index < -0.39 is 16.9 Å². The Labute approximate surface area is 184 Å². The molecule has 31 heavy (non-hydrogen) atoms. The summed E-state index contributed by atoms with van der Waals surface area (Å²) in [5, 5.41) is 13.8. The van der Waals surface area contributed by atoms with Crippen molar-refractivity contribution in [3.8, 4) is 23.3 Å². The van der Waals surface area contributed by atoms with Crippen molar-refractivity contribution in [1.82, 2.24) is 24.7 Å². The predicted octanol–water partition coefficient (Wildman–Crippen LogP) is 3.89. The van der Waals surface area contributed by atoms with E-state index in [4.69, 9.17) is 33.2 Å². The molecule has 9 nitrogen and oxygen atoms in total. The second-order valence-electron chi connectivity index (χ2n) is 6.94. The van der Waals surface area contributed by atoms with Gasteiger partial charge >= 0.3 is 5.69 Å². The summed E-state index contributed by atoms with van der Waals surface area (Å²) >= 11 is 12.7. The summed E-state index contributed by atoms with van der Waals surface area (Å²) in [6.07, 6.45) is 3.45. The van der Waals surface area contributed by atoms with Crippen molar-refractivity contribution in [1.29, 1.82) is 5.26 Å². The fraction of sp³-hybridized carbons (Fsp3) is 0.150. The molecule has 0 spiro atoms. The van der Waals surface area contributed by atoms with Crippen LogP contribution in [0.15, 0.2) is 40.2 Å². The molecule has 156 valence electrons. The highest BCUT2D eigenvalue weighted by molar-refractivity contribution is 6.37. The van der Waals surface area contributed by atoms with Gasteiger partial charge in [0.25, 0.3) is 5.56 Å². The Hall–Kier alpha value is -3.61. The van der Waals surface area contributed by atoms with Gasteiger partial charge in [-0.3, -0.25) is 9.78 Å². The van der Waals surface area contributed by atoms with Crippen molar-refractivity contribution < 1.29 is 4.74 Å². The maximum Gasteiger partial charge on any atom is 0.349 e. The lowest BCUT2D eigenvalue weighted by molar-refractivity contribution is 0.481. The van der Waals surface area contributed by atoms with E-state index in [1.807, 2.05) is 17.2 Å². The van der Waals surface area contributed by atoms with E-state index >= 15 is 0 Å². The standard InChI is InChI=1S/C20H14Cl2N6O3/c1-9(2)13-8-25-18-12(13)5-11(7-24-18)31-17-14(21)3-10(4-15(17)22)28-20(30)26-19(29)16(6-23)27-28/h3-5,7-9H,1-2H3,(H,24,25)(H,26,29,30). The summed E-state index contributed by atoms with van der Waals surface area (Å²) < 4.78 is 6.70. The first-order valence-electron chi connectivity index (χ1n) is 9.06. The van der Waals surface area contributed by atoms with Gasteiger partial charge in [-0.05, 0) is 29.7 Å². The van der Waals surface area contributed by atoms with Gasteiger partial charge in [0.15, 0.2) is 5.75 Å². The topological polar surface area (TPSA) is 129 Å². The van der Waals surface area contributed by atoms with E-state index in [0.717, 1.165) is 21.3 Å². The number of ether oxygens (including phenoxy) is 1. The lowest BCUT2D eigenvalue weighted by atomic mass is 10.0. The number of nitrogens with zero attached hydrogens (tertiary/aromatic N) is 4. The molecule has 0 amide bonds. The quantitative estimate of drug-likeness (QED) is 0.478. The van der Waals surface area contributed by atoms with E-state index in [0.29, 0.717) is 11.7 Å². The highest BCUT2D eigenvalue weighted by atomic mass is 35.5. The maximum atomic E-state index is 12.1. The third-order valence-electron chi connectivity index (χ3n) is 4.54. The third-order valence-corrected chi connectivity index (χ3v) is 5.10. The number of benzene rings is 1. The molecule has 0 aliphatic carbocycles. The summed E-state index contributed by atoms with van der Waals surface area (Å²) in [7, 11) is 0. The van der Waals surface area contributed by atoms with Crippen LogP contribution in [-0.4, -0.2) is 24.7 Å². The van der Waals surface area contributed by atoms with Crippen molar-refractivity contribution in [3.05, 3.63) is 72.7 Å². The Kier molecular flexibility index (Phi) is 5.27. The Morgan fingerprint density at radius 1 is 1.19 bits per heavy atom. The van der Waals surface area contributed by atoms with Crippen LogP contribution in [0.5, 0.6) is 11.5 Å². The van der Waals surface area contributed by atoms with Crippen LogP contribution in [0.25, 0.3) is 16.7 Å². The maximum absolute atomic E-state index is 12.1. The molecule has 0 radical (unpaired) electrons. The van der Waals surface area contributed by atoms with Crippen LogP contribution in [0.3, 0.4) is 0 Å². The van der Waals surface area contributed by atoms with Gasteiger partial charge in [0, 0.05) is 11.6 Å². The molecule has 0 aliphatic heterocycles. The SMILES string of the molecule is CC(C)c1c[nH]c2ncc(Oc3c(Cl)cc(-n4nc(C#N)c(=O)[nH]c4=O)cc3Cl)cc12. The molecule has 0 unspecified atom stereocenters. The first kappa shape index (κ1) is 20.7. The summed E-state index contributed by atoms with van der Waals surface area (Å²) in [6.45, 7) is 4.15. The van der Waals surface area contributed by atoms with Crippen LogP contribution >= 0.6 is 23.2 Å². The van der Waals surface area contributed by atoms with E-state index in [9.17, 15) is 9.59 Å². The fourth-order valence-electron chi connectivity index (χ4n) is 3.07. The first-order chi connectivity index (χ1) is 14.8. The van der Waals surface area contributed by atoms with Gasteiger partial charge in [-0.25, -0.2) is 9.78 Å². The van der Waals surface area contributed by atoms with Crippen LogP contribution in [0.4, 0.5) is 0 Å². The van der Waals surface area contributed by atoms with Crippen LogP contribution in [0.2, 0.25) is 10.0 Å². The number of nitriles is 1. The average molecular weight is 457 g/mol. The van der Waals surface area contributed by atoms with Crippen molar-refractivity contribution >= 4 is 34.2 Å². The minimum atomic E-state index is -0.880. The van der Waals surface area contributed by atoms with Gasteiger partial charge in [0.2, 0.25) is 5.69 Å². The van der Waals surface area contributed by atoms with Crippen LogP contribution in [-0.2, 0) is 0 Å². The molecule has 4 rings (SSSR count). The second kappa shape index (κ2) is 7.91. The highest BCUT2D eigenvalue weighted by Gasteiger charge is 2.16. The predicted molar refractivity (Wildman–Crippen MR) is 115 cm³/mol.